The molecule has 0 aromatic heterocycles. The summed E-state index contributed by atoms with van der Waals surface area (Å²) in [7, 11) is 0. The number of fused-ring (bicyclic) bond motifs is 1. The summed E-state index contributed by atoms with van der Waals surface area (Å²) in [4.78, 5) is 27.0. The van der Waals surface area contributed by atoms with E-state index in [1.807, 2.05) is 26.0 Å². The molecule has 5 heteroatoms. The number of carbonyl (C=O) groups is 2. The molecule has 0 unspecified atom stereocenters. The molecule has 3 rings (SSSR count). The fraction of sp³-hybridized carbons (Fsp3) is 0.300. The standard InChI is InChI=1S/C20H20ClNO3/c1-12-5-6-14(9-13(12)2)17(23)11-22-16-10-15(21)7-8-18(16)25-20(3,4)19(22)24/h5-10H,11H2,1-4H3. The molecule has 0 saturated heterocycles. The van der Waals surface area contributed by atoms with E-state index >= 15 is 0 Å². The van der Waals surface area contributed by atoms with E-state index in [4.69, 9.17) is 16.3 Å². The van der Waals surface area contributed by atoms with Gasteiger partial charge >= 0.3 is 0 Å². The summed E-state index contributed by atoms with van der Waals surface area (Å²) in [5, 5.41) is 0.485. The highest BCUT2D eigenvalue weighted by Crippen LogP contribution is 2.39. The van der Waals surface area contributed by atoms with Crippen LogP contribution in [0.3, 0.4) is 0 Å². The smallest absolute Gasteiger partial charge is 0.271 e. The van der Waals surface area contributed by atoms with E-state index in [2.05, 4.69) is 0 Å². The monoisotopic (exact) mass is 357 g/mol. The summed E-state index contributed by atoms with van der Waals surface area (Å²) in [6.45, 7) is 7.29. The molecule has 1 heterocycles. The van der Waals surface area contributed by atoms with Crippen LogP contribution in [0.25, 0.3) is 0 Å². The first kappa shape index (κ1) is 17.5. The van der Waals surface area contributed by atoms with E-state index in [-0.39, 0.29) is 18.2 Å². The molecule has 2 aromatic rings. The summed E-state index contributed by atoms with van der Waals surface area (Å²) in [6, 6.07) is 10.6. The minimum atomic E-state index is -1.04. The lowest BCUT2D eigenvalue weighted by molar-refractivity contribution is -0.132. The van der Waals surface area contributed by atoms with Gasteiger partial charge < -0.3 is 4.74 Å². The maximum absolute atomic E-state index is 12.8. The Morgan fingerprint density at radius 2 is 1.84 bits per heavy atom. The fourth-order valence-corrected chi connectivity index (χ4v) is 3.01. The van der Waals surface area contributed by atoms with Crippen LogP contribution in [0, 0.1) is 13.8 Å². The van der Waals surface area contributed by atoms with Crippen molar-refractivity contribution in [3.8, 4) is 5.75 Å². The van der Waals surface area contributed by atoms with Crippen molar-refractivity contribution in [3.63, 3.8) is 0 Å². The SMILES string of the molecule is Cc1ccc(C(=O)CN2C(=O)C(C)(C)Oc3ccc(Cl)cc32)cc1C. The third-order valence-electron chi connectivity index (χ3n) is 4.47. The highest BCUT2D eigenvalue weighted by molar-refractivity contribution is 6.31. The van der Waals surface area contributed by atoms with Crippen molar-refractivity contribution in [2.45, 2.75) is 33.3 Å². The first-order valence-corrected chi connectivity index (χ1v) is 8.48. The molecule has 1 aliphatic heterocycles. The number of ether oxygens (including phenoxy) is 1. The van der Waals surface area contributed by atoms with Crippen molar-refractivity contribution in [3.05, 3.63) is 58.1 Å². The number of carbonyl (C=O) groups excluding carboxylic acids is 2. The van der Waals surface area contributed by atoms with Crippen LogP contribution in [-0.4, -0.2) is 23.8 Å². The number of ketones is 1. The Bertz CT molecular complexity index is 873. The van der Waals surface area contributed by atoms with Crippen molar-refractivity contribution in [2.24, 2.45) is 0 Å². The predicted octanol–water partition coefficient (Wildman–Crippen LogP) is 4.34. The first-order valence-electron chi connectivity index (χ1n) is 8.10. The van der Waals surface area contributed by atoms with Gasteiger partial charge in [-0.3, -0.25) is 14.5 Å². The van der Waals surface area contributed by atoms with Gasteiger partial charge in [0.05, 0.1) is 12.2 Å². The minimum Gasteiger partial charge on any atom is -0.476 e. The van der Waals surface area contributed by atoms with E-state index in [0.717, 1.165) is 11.1 Å². The van der Waals surface area contributed by atoms with Crippen LogP contribution in [0.1, 0.15) is 35.3 Å². The Labute approximate surface area is 152 Å². The number of nitrogens with zero attached hydrogens (tertiary/aromatic N) is 1. The number of amides is 1. The van der Waals surface area contributed by atoms with E-state index in [9.17, 15) is 9.59 Å². The third-order valence-corrected chi connectivity index (χ3v) is 4.70. The van der Waals surface area contributed by atoms with Crippen molar-refractivity contribution in [1.29, 1.82) is 0 Å². The summed E-state index contributed by atoms with van der Waals surface area (Å²) in [5.74, 6) is 0.154. The third kappa shape index (κ3) is 3.27. The molecule has 1 amide bonds. The van der Waals surface area contributed by atoms with Crippen LogP contribution in [0.5, 0.6) is 5.75 Å². The van der Waals surface area contributed by atoms with Crippen LogP contribution >= 0.6 is 11.6 Å². The largest absolute Gasteiger partial charge is 0.476 e. The summed E-state index contributed by atoms with van der Waals surface area (Å²) >= 11 is 6.07. The molecular weight excluding hydrogens is 338 g/mol. The normalized spacial score (nSPS) is 15.6. The molecule has 0 bridgehead atoms. The lowest BCUT2D eigenvalue weighted by atomic mass is 10.0. The number of rotatable bonds is 3. The van der Waals surface area contributed by atoms with Crippen LogP contribution in [0.4, 0.5) is 5.69 Å². The summed E-state index contributed by atoms with van der Waals surface area (Å²) in [5.41, 5.74) is 2.24. The molecule has 0 atom stereocenters. The van der Waals surface area contributed by atoms with E-state index < -0.39 is 5.60 Å². The lowest BCUT2D eigenvalue weighted by Crippen LogP contribution is -2.53. The zero-order chi connectivity index (χ0) is 18.4. The zero-order valence-corrected chi connectivity index (χ0v) is 15.5. The van der Waals surface area contributed by atoms with E-state index in [0.29, 0.717) is 22.0 Å². The number of hydrogen-bond donors (Lipinski definition) is 0. The van der Waals surface area contributed by atoms with Gasteiger partial charge in [-0.1, -0.05) is 23.7 Å². The fourth-order valence-electron chi connectivity index (χ4n) is 2.85. The Balaban J connectivity index is 1.97. The van der Waals surface area contributed by atoms with Crippen LogP contribution < -0.4 is 9.64 Å². The summed E-state index contributed by atoms with van der Waals surface area (Å²) < 4.78 is 5.78. The van der Waals surface area contributed by atoms with Crippen LogP contribution in [-0.2, 0) is 4.79 Å². The molecule has 0 N–H and O–H groups in total. The lowest BCUT2D eigenvalue weighted by Gasteiger charge is -2.38. The van der Waals surface area contributed by atoms with Gasteiger partial charge in [0, 0.05) is 10.6 Å². The maximum Gasteiger partial charge on any atom is 0.271 e. The Morgan fingerprint density at radius 3 is 2.52 bits per heavy atom. The van der Waals surface area contributed by atoms with Gasteiger partial charge in [-0.05, 0) is 63.1 Å². The minimum absolute atomic E-state index is 0.0541. The van der Waals surface area contributed by atoms with Crippen LogP contribution in [0.15, 0.2) is 36.4 Å². The highest BCUT2D eigenvalue weighted by atomic mass is 35.5. The number of Topliss-reactive ketones (excluding diaryl/α,β-unsaturated/α-hetero) is 1. The average molecular weight is 358 g/mol. The molecule has 25 heavy (non-hydrogen) atoms. The molecule has 130 valence electrons. The topological polar surface area (TPSA) is 46.6 Å². The van der Waals surface area contributed by atoms with Gasteiger partial charge in [0.1, 0.15) is 5.75 Å². The summed E-state index contributed by atoms with van der Waals surface area (Å²) in [6.07, 6.45) is 0. The van der Waals surface area contributed by atoms with E-state index in [1.54, 1.807) is 38.1 Å². The maximum atomic E-state index is 12.8. The van der Waals surface area contributed by atoms with Gasteiger partial charge in [0.25, 0.3) is 5.91 Å². The molecule has 2 aromatic carbocycles. The van der Waals surface area contributed by atoms with Gasteiger partial charge in [-0.15, -0.1) is 0 Å². The molecule has 0 saturated carbocycles. The highest BCUT2D eigenvalue weighted by Gasteiger charge is 2.41. The molecule has 4 nitrogen and oxygen atoms in total. The molecular formula is C20H20ClNO3. The number of anilines is 1. The number of halogens is 1. The van der Waals surface area contributed by atoms with Crippen molar-refractivity contribution in [1.82, 2.24) is 0 Å². The van der Waals surface area contributed by atoms with Crippen molar-refractivity contribution < 1.29 is 14.3 Å². The average Bonchev–Trinajstić information content (AvgIpc) is 2.55. The zero-order valence-electron chi connectivity index (χ0n) is 14.7. The second kappa shape index (κ2) is 6.19. The molecule has 0 fully saturated rings. The Morgan fingerprint density at radius 1 is 1.12 bits per heavy atom. The predicted molar refractivity (Wildman–Crippen MR) is 98.8 cm³/mol. The molecule has 0 radical (unpaired) electrons. The second-order valence-corrected chi connectivity index (χ2v) is 7.27. The van der Waals surface area contributed by atoms with Crippen molar-refractivity contribution >= 4 is 29.0 Å². The number of hydrogen-bond acceptors (Lipinski definition) is 3. The van der Waals surface area contributed by atoms with Crippen LogP contribution in [0.2, 0.25) is 5.02 Å². The van der Waals surface area contributed by atoms with Gasteiger partial charge in [0.2, 0.25) is 0 Å². The number of benzene rings is 2. The second-order valence-electron chi connectivity index (χ2n) is 6.84. The Kier molecular flexibility index (Phi) is 4.33. The molecule has 1 aliphatic rings. The van der Waals surface area contributed by atoms with Gasteiger partial charge in [-0.2, -0.15) is 0 Å². The first-order chi connectivity index (χ1) is 11.7. The van der Waals surface area contributed by atoms with Gasteiger partial charge in [0.15, 0.2) is 11.4 Å². The quantitative estimate of drug-likeness (QED) is 0.767. The van der Waals surface area contributed by atoms with Gasteiger partial charge in [-0.25, -0.2) is 0 Å². The molecule has 0 spiro atoms. The van der Waals surface area contributed by atoms with E-state index in [1.165, 1.54) is 4.90 Å². The Hall–Kier alpha value is -2.33. The number of aryl methyl sites for hydroxylation is 2. The van der Waals surface area contributed by atoms with Crippen molar-refractivity contribution in [2.75, 3.05) is 11.4 Å². The molecule has 0 aliphatic carbocycles.